The van der Waals surface area contributed by atoms with Crippen LogP contribution in [-0.2, 0) is 22.4 Å². The Morgan fingerprint density at radius 3 is 1.86 bits per heavy atom. The highest BCUT2D eigenvalue weighted by atomic mass is 32.2. The zero-order valence-corrected chi connectivity index (χ0v) is 14.8. The number of hydrogen-bond donors (Lipinski definition) is 2. The van der Waals surface area contributed by atoms with Crippen LogP contribution in [-0.4, -0.2) is 14.3 Å². The average Bonchev–Trinajstić information content (AvgIpc) is 2.53. The molecular formula is C16H12F6N2O3S. The van der Waals surface area contributed by atoms with E-state index in [0.29, 0.717) is 0 Å². The maximum atomic E-state index is 12.9. The van der Waals surface area contributed by atoms with E-state index in [0.717, 1.165) is 6.07 Å². The van der Waals surface area contributed by atoms with Crippen LogP contribution in [0.4, 0.5) is 32.0 Å². The summed E-state index contributed by atoms with van der Waals surface area (Å²) in [5, 5.41) is 7.08. The molecule has 0 aliphatic heterocycles. The van der Waals surface area contributed by atoms with Crippen molar-refractivity contribution in [3.8, 4) is 0 Å². The number of halogens is 6. The van der Waals surface area contributed by atoms with Gasteiger partial charge in [-0.15, -0.1) is 0 Å². The highest BCUT2D eigenvalue weighted by molar-refractivity contribution is 7.89. The number of carbonyl (C=O) groups is 1. The number of rotatable bonds is 3. The third-order valence-corrected chi connectivity index (χ3v) is 4.66. The molecule has 0 fully saturated rings. The average molecular weight is 426 g/mol. The third-order valence-electron chi connectivity index (χ3n) is 3.60. The molecule has 0 saturated carbocycles. The van der Waals surface area contributed by atoms with Crippen LogP contribution in [0, 0.1) is 6.92 Å². The summed E-state index contributed by atoms with van der Waals surface area (Å²) in [6.07, 6.45) is -10.2. The Labute approximate surface area is 155 Å². The molecule has 0 atom stereocenters. The number of carbonyl (C=O) groups excluding carboxylic acids is 1. The number of primary sulfonamides is 1. The zero-order valence-electron chi connectivity index (χ0n) is 13.9. The number of sulfonamides is 1. The van der Waals surface area contributed by atoms with Gasteiger partial charge in [-0.25, -0.2) is 13.6 Å². The minimum atomic E-state index is -5.11. The van der Waals surface area contributed by atoms with Gasteiger partial charge in [-0.2, -0.15) is 26.3 Å². The van der Waals surface area contributed by atoms with E-state index in [1.54, 1.807) is 0 Å². The van der Waals surface area contributed by atoms with E-state index in [1.807, 2.05) is 0 Å². The summed E-state index contributed by atoms with van der Waals surface area (Å²) >= 11 is 0. The van der Waals surface area contributed by atoms with Crippen molar-refractivity contribution in [3.63, 3.8) is 0 Å². The lowest BCUT2D eigenvalue weighted by atomic mass is 10.0. The van der Waals surface area contributed by atoms with Crippen LogP contribution >= 0.6 is 0 Å². The maximum absolute atomic E-state index is 12.9. The molecule has 0 heterocycles. The smallest absolute Gasteiger partial charge is 0.322 e. The molecule has 3 N–H and O–H groups in total. The first kappa shape index (κ1) is 21.7. The Morgan fingerprint density at radius 1 is 0.929 bits per heavy atom. The van der Waals surface area contributed by atoms with Crippen LogP contribution in [0.1, 0.15) is 27.0 Å². The Hall–Kier alpha value is -2.60. The fourth-order valence-electron chi connectivity index (χ4n) is 2.27. The second-order valence-electron chi connectivity index (χ2n) is 5.77. The standard InChI is InChI=1S/C16H12F6N2O3S/c1-8-2-3-12(7-13(8)28(23,26)27)24-14(25)9-4-10(15(17,18)19)6-11(5-9)16(20,21)22/h2-7H,1H3,(H,24,25)(H2,23,26,27). The van der Waals surface area contributed by atoms with Gasteiger partial charge in [0.25, 0.3) is 5.91 Å². The van der Waals surface area contributed by atoms with Gasteiger partial charge in [-0.3, -0.25) is 4.79 Å². The van der Waals surface area contributed by atoms with Crippen molar-refractivity contribution >= 4 is 21.6 Å². The van der Waals surface area contributed by atoms with E-state index >= 15 is 0 Å². The van der Waals surface area contributed by atoms with Gasteiger partial charge in [0.15, 0.2) is 0 Å². The predicted molar refractivity (Wildman–Crippen MR) is 87.0 cm³/mol. The molecular weight excluding hydrogens is 414 g/mol. The number of nitrogens with one attached hydrogen (secondary N) is 1. The van der Waals surface area contributed by atoms with Gasteiger partial charge in [0, 0.05) is 11.3 Å². The lowest BCUT2D eigenvalue weighted by Gasteiger charge is -2.14. The van der Waals surface area contributed by atoms with Crippen LogP contribution in [0.15, 0.2) is 41.3 Å². The number of alkyl halides is 6. The second kappa shape index (κ2) is 7.09. The molecule has 152 valence electrons. The maximum Gasteiger partial charge on any atom is 0.416 e. The Kier molecular flexibility index (Phi) is 5.50. The molecule has 28 heavy (non-hydrogen) atoms. The molecule has 0 aliphatic carbocycles. The molecule has 2 aromatic carbocycles. The molecule has 0 aromatic heterocycles. The first-order valence-corrected chi connectivity index (χ1v) is 8.88. The summed E-state index contributed by atoms with van der Waals surface area (Å²) in [6.45, 7) is 1.41. The highest BCUT2D eigenvalue weighted by Crippen LogP contribution is 2.36. The second-order valence-corrected chi connectivity index (χ2v) is 7.30. The highest BCUT2D eigenvalue weighted by Gasteiger charge is 2.37. The summed E-state index contributed by atoms with van der Waals surface area (Å²) in [5.74, 6) is -1.29. The van der Waals surface area contributed by atoms with Gasteiger partial charge >= 0.3 is 12.4 Å². The van der Waals surface area contributed by atoms with E-state index in [2.05, 4.69) is 5.32 Å². The molecule has 0 radical (unpaired) electrons. The largest absolute Gasteiger partial charge is 0.416 e. The van der Waals surface area contributed by atoms with Crippen molar-refractivity contribution in [1.82, 2.24) is 0 Å². The SMILES string of the molecule is Cc1ccc(NC(=O)c2cc(C(F)(F)F)cc(C(F)(F)F)c2)cc1S(N)(=O)=O. The van der Waals surface area contributed by atoms with Gasteiger partial charge in [0.1, 0.15) is 0 Å². The minimum absolute atomic E-state index is 0.109. The lowest BCUT2D eigenvalue weighted by Crippen LogP contribution is -2.18. The van der Waals surface area contributed by atoms with Crippen LogP contribution in [0.3, 0.4) is 0 Å². The van der Waals surface area contributed by atoms with E-state index in [1.165, 1.54) is 19.1 Å². The number of amides is 1. The monoisotopic (exact) mass is 426 g/mol. The molecule has 1 amide bonds. The zero-order chi connectivity index (χ0) is 21.5. The first-order valence-electron chi connectivity index (χ1n) is 7.33. The lowest BCUT2D eigenvalue weighted by molar-refractivity contribution is -0.143. The van der Waals surface area contributed by atoms with E-state index in [-0.39, 0.29) is 34.3 Å². The van der Waals surface area contributed by atoms with Crippen molar-refractivity contribution in [2.24, 2.45) is 5.14 Å². The number of benzene rings is 2. The molecule has 0 saturated heterocycles. The predicted octanol–water partition coefficient (Wildman–Crippen LogP) is 3.93. The molecule has 5 nitrogen and oxygen atoms in total. The van der Waals surface area contributed by atoms with Gasteiger partial charge in [-0.1, -0.05) is 6.07 Å². The number of nitrogens with two attached hydrogens (primary N) is 1. The number of aryl methyl sites for hydroxylation is 1. The van der Waals surface area contributed by atoms with Gasteiger partial charge < -0.3 is 5.32 Å². The molecule has 0 bridgehead atoms. The van der Waals surface area contributed by atoms with Crippen molar-refractivity contribution in [3.05, 3.63) is 58.7 Å². The van der Waals surface area contributed by atoms with Crippen LogP contribution in [0.25, 0.3) is 0 Å². The topological polar surface area (TPSA) is 89.3 Å². The summed E-state index contributed by atoms with van der Waals surface area (Å²) in [7, 11) is -4.16. The molecule has 2 rings (SSSR count). The van der Waals surface area contributed by atoms with E-state index in [4.69, 9.17) is 5.14 Å². The van der Waals surface area contributed by atoms with Crippen LogP contribution in [0.5, 0.6) is 0 Å². The summed E-state index contributed by atoms with van der Waals surface area (Å²) in [4.78, 5) is 11.8. The molecule has 0 spiro atoms. The minimum Gasteiger partial charge on any atom is -0.322 e. The van der Waals surface area contributed by atoms with E-state index < -0.39 is 45.0 Å². The van der Waals surface area contributed by atoms with Gasteiger partial charge in [0.05, 0.1) is 16.0 Å². The van der Waals surface area contributed by atoms with Crippen LogP contribution in [0.2, 0.25) is 0 Å². The molecule has 12 heteroatoms. The summed E-state index contributed by atoms with van der Waals surface area (Å²) in [6, 6.07) is 3.85. The van der Waals surface area contributed by atoms with Crippen LogP contribution < -0.4 is 10.5 Å². The summed E-state index contributed by atoms with van der Waals surface area (Å²) < 4.78 is 100. The fraction of sp³-hybridized carbons (Fsp3) is 0.188. The van der Waals surface area contributed by atoms with Gasteiger partial charge in [0.2, 0.25) is 10.0 Å². The summed E-state index contributed by atoms with van der Waals surface area (Å²) in [5.41, 5.74) is -4.15. The van der Waals surface area contributed by atoms with Crippen molar-refractivity contribution in [2.45, 2.75) is 24.2 Å². The molecule has 0 aliphatic rings. The fourth-order valence-corrected chi connectivity index (χ4v) is 3.08. The number of hydrogen-bond acceptors (Lipinski definition) is 3. The molecule has 0 unspecified atom stereocenters. The number of anilines is 1. The Morgan fingerprint density at radius 2 is 1.43 bits per heavy atom. The van der Waals surface area contributed by atoms with Gasteiger partial charge in [-0.05, 0) is 42.8 Å². The normalized spacial score (nSPS) is 12.7. The molecule has 2 aromatic rings. The quantitative estimate of drug-likeness (QED) is 0.729. The first-order chi connectivity index (χ1) is 12.6. The van der Waals surface area contributed by atoms with E-state index in [9.17, 15) is 39.6 Å². The third kappa shape index (κ3) is 5.01. The van der Waals surface area contributed by atoms with Crippen molar-refractivity contribution in [2.75, 3.05) is 5.32 Å². The van der Waals surface area contributed by atoms with Crippen molar-refractivity contribution in [1.29, 1.82) is 0 Å². The Balaban J connectivity index is 2.47. The van der Waals surface area contributed by atoms with Crippen molar-refractivity contribution < 1.29 is 39.6 Å². The Bertz CT molecular complexity index is 997.